The average molecular weight is 265 g/mol. The highest BCUT2D eigenvalue weighted by atomic mass is 16.5. The van der Waals surface area contributed by atoms with Gasteiger partial charge in [0.2, 0.25) is 0 Å². The Bertz CT molecular complexity index is 458. The maximum Gasteiger partial charge on any atom is 0.354 e. The van der Waals surface area contributed by atoms with Crippen molar-refractivity contribution in [2.24, 2.45) is 0 Å². The third kappa shape index (κ3) is 3.35. The molecule has 2 heterocycles. The molecule has 1 fully saturated rings. The number of carboxylic acids is 1. The summed E-state index contributed by atoms with van der Waals surface area (Å²) in [5.74, 6) is -0.558. The second-order valence-electron chi connectivity index (χ2n) is 4.78. The molecule has 0 saturated carbocycles. The lowest BCUT2D eigenvalue weighted by molar-refractivity contribution is 0.0215. The minimum Gasteiger partial charge on any atom is -0.477 e. The van der Waals surface area contributed by atoms with E-state index in [2.05, 4.69) is 4.98 Å². The molecule has 104 valence electrons. The van der Waals surface area contributed by atoms with Gasteiger partial charge in [0.15, 0.2) is 11.5 Å². The summed E-state index contributed by atoms with van der Waals surface area (Å²) in [6.07, 6.45) is 3.45. The van der Waals surface area contributed by atoms with Crippen LogP contribution in [0.4, 0.5) is 11.5 Å². The SMILES string of the molecule is CN(CC1CCCCO1)c1nc(C(=O)O)ccc1N. The van der Waals surface area contributed by atoms with Gasteiger partial charge < -0.3 is 20.5 Å². The number of rotatable bonds is 4. The Morgan fingerprint density at radius 3 is 3.00 bits per heavy atom. The first-order valence-electron chi connectivity index (χ1n) is 6.40. The van der Waals surface area contributed by atoms with Crippen molar-refractivity contribution >= 4 is 17.5 Å². The Kier molecular flexibility index (Phi) is 4.21. The number of nitrogen functional groups attached to an aromatic ring is 1. The normalized spacial score (nSPS) is 19.1. The quantitative estimate of drug-likeness (QED) is 0.854. The predicted octanol–water partition coefficient (Wildman–Crippen LogP) is 1.37. The minimum atomic E-state index is -1.05. The summed E-state index contributed by atoms with van der Waals surface area (Å²) in [5.41, 5.74) is 6.33. The van der Waals surface area contributed by atoms with Gasteiger partial charge in [-0.3, -0.25) is 0 Å². The van der Waals surface area contributed by atoms with E-state index in [1.807, 2.05) is 11.9 Å². The zero-order chi connectivity index (χ0) is 13.8. The lowest BCUT2D eigenvalue weighted by Gasteiger charge is -2.28. The summed E-state index contributed by atoms with van der Waals surface area (Å²) in [6, 6.07) is 2.98. The van der Waals surface area contributed by atoms with Crippen LogP contribution in [-0.4, -0.2) is 42.4 Å². The van der Waals surface area contributed by atoms with Gasteiger partial charge in [0, 0.05) is 20.2 Å². The number of likely N-dealkylation sites (N-methyl/N-ethyl adjacent to an activating group) is 1. The van der Waals surface area contributed by atoms with Crippen LogP contribution in [0, 0.1) is 0 Å². The van der Waals surface area contributed by atoms with Crippen molar-refractivity contribution in [3.63, 3.8) is 0 Å². The van der Waals surface area contributed by atoms with Crippen LogP contribution in [0.25, 0.3) is 0 Å². The smallest absolute Gasteiger partial charge is 0.354 e. The number of aromatic nitrogens is 1. The van der Waals surface area contributed by atoms with Crippen molar-refractivity contribution in [2.45, 2.75) is 25.4 Å². The molecule has 0 amide bonds. The first-order chi connectivity index (χ1) is 9.08. The van der Waals surface area contributed by atoms with E-state index in [1.54, 1.807) is 6.07 Å². The van der Waals surface area contributed by atoms with Crippen LogP contribution in [0.2, 0.25) is 0 Å². The Morgan fingerprint density at radius 2 is 2.37 bits per heavy atom. The summed E-state index contributed by atoms with van der Waals surface area (Å²) in [6.45, 7) is 1.46. The second kappa shape index (κ2) is 5.88. The van der Waals surface area contributed by atoms with E-state index in [4.69, 9.17) is 15.6 Å². The minimum absolute atomic E-state index is 0.000567. The van der Waals surface area contributed by atoms with Crippen LogP contribution in [0.3, 0.4) is 0 Å². The van der Waals surface area contributed by atoms with Crippen LogP contribution in [0.1, 0.15) is 29.8 Å². The van der Waals surface area contributed by atoms with Gasteiger partial charge in [-0.05, 0) is 31.4 Å². The first-order valence-corrected chi connectivity index (χ1v) is 6.40. The predicted molar refractivity (Wildman–Crippen MR) is 72.5 cm³/mol. The van der Waals surface area contributed by atoms with Crippen molar-refractivity contribution in [1.29, 1.82) is 0 Å². The Morgan fingerprint density at radius 1 is 1.58 bits per heavy atom. The van der Waals surface area contributed by atoms with E-state index in [0.29, 0.717) is 18.1 Å². The van der Waals surface area contributed by atoms with Gasteiger partial charge in [-0.2, -0.15) is 0 Å². The summed E-state index contributed by atoms with van der Waals surface area (Å²) in [4.78, 5) is 16.9. The molecule has 0 aromatic carbocycles. The molecule has 6 heteroatoms. The first kappa shape index (κ1) is 13.6. The molecule has 1 aliphatic heterocycles. The van der Waals surface area contributed by atoms with E-state index >= 15 is 0 Å². The molecular weight excluding hydrogens is 246 g/mol. The molecule has 1 aliphatic rings. The third-order valence-corrected chi connectivity index (χ3v) is 3.24. The molecule has 0 aliphatic carbocycles. The topological polar surface area (TPSA) is 88.7 Å². The lowest BCUT2D eigenvalue weighted by Crippen LogP contribution is -2.34. The van der Waals surface area contributed by atoms with Crippen LogP contribution >= 0.6 is 0 Å². The van der Waals surface area contributed by atoms with Gasteiger partial charge >= 0.3 is 5.97 Å². The van der Waals surface area contributed by atoms with E-state index in [1.165, 1.54) is 6.07 Å². The zero-order valence-electron chi connectivity index (χ0n) is 11.0. The van der Waals surface area contributed by atoms with Crippen molar-refractivity contribution in [3.05, 3.63) is 17.8 Å². The highest BCUT2D eigenvalue weighted by Crippen LogP contribution is 2.22. The maximum absolute atomic E-state index is 10.9. The van der Waals surface area contributed by atoms with Crippen molar-refractivity contribution < 1.29 is 14.6 Å². The van der Waals surface area contributed by atoms with Gasteiger partial charge in [0.05, 0.1) is 11.8 Å². The van der Waals surface area contributed by atoms with Crippen molar-refractivity contribution in [3.8, 4) is 0 Å². The van der Waals surface area contributed by atoms with Crippen LogP contribution < -0.4 is 10.6 Å². The molecule has 19 heavy (non-hydrogen) atoms. The fraction of sp³-hybridized carbons (Fsp3) is 0.538. The molecule has 1 aromatic heterocycles. The fourth-order valence-corrected chi connectivity index (χ4v) is 2.23. The second-order valence-corrected chi connectivity index (χ2v) is 4.78. The van der Waals surface area contributed by atoms with Gasteiger partial charge in [-0.1, -0.05) is 0 Å². The molecule has 0 bridgehead atoms. The molecule has 6 nitrogen and oxygen atoms in total. The Balaban J connectivity index is 2.10. The number of pyridine rings is 1. The largest absolute Gasteiger partial charge is 0.477 e. The number of carboxylic acid groups (broad SMARTS) is 1. The molecule has 0 radical (unpaired) electrons. The molecule has 0 spiro atoms. The Labute approximate surface area is 112 Å². The van der Waals surface area contributed by atoms with Gasteiger partial charge in [-0.25, -0.2) is 9.78 Å². The molecular formula is C13H19N3O3. The fourth-order valence-electron chi connectivity index (χ4n) is 2.23. The number of aromatic carboxylic acids is 1. The third-order valence-electron chi connectivity index (χ3n) is 3.24. The standard InChI is InChI=1S/C13H19N3O3/c1-16(8-9-4-2-3-7-19-9)12-10(14)5-6-11(15-12)13(17)18/h5-6,9H,2-4,7-8,14H2,1H3,(H,17,18). The molecule has 1 aromatic rings. The number of hydrogen-bond acceptors (Lipinski definition) is 5. The monoisotopic (exact) mass is 265 g/mol. The van der Waals surface area contributed by atoms with Crippen molar-refractivity contribution in [1.82, 2.24) is 4.98 Å². The van der Waals surface area contributed by atoms with Crippen LogP contribution in [0.5, 0.6) is 0 Å². The van der Waals surface area contributed by atoms with Gasteiger partial charge in [0.25, 0.3) is 0 Å². The van der Waals surface area contributed by atoms with Gasteiger partial charge in [0.1, 0.15) is 0 Å². The molecule has 2 rings (SSSR count). The number of ether oxygens (including phenoxy) is 1. The number of nitrogens with two attached hydrogens (primary N) is 1. The van der Waals surface area contributed by atoms with E-state index in [0.717, 1.165) is 25.9 Å². The molecule has 1 saturated heterocycles. The summed E-state index contributed by atoms with van der Waals surface area (Å²) in [5, 5.41) is 8.96. The highest BCUT2D eigenvalue weighted by Gasteiger charge is 2.19. The van der Waals surface area contributed by atoms with E-state index in [-0.39, 0.29) is 11.8 Å². The molecule has 3 N–H and O–H groups in total. The molecule has 1 unspecified atom stereocenters. The van der Waals surface area contributed by atoms with E-state index < -0.39 is 5.97 Å². The summed E-state index contributed by atoms with van der Waals surface area (Å²) >= 11 is 0. The highest BCUT2D eigenvalue weighted by molar-refractivity contribution is 5.86. The van der Waals surface area contributed by atoms with Crippen LogP contribution in [-0.2, 0) is 4.74 Å². The van der Waals surface area contributed by atoms with Crippen LogP contribution in [0.15, 0.2) is 12.1 Å². The van der Waals surface area contributed by atoms with Gasteiger partial charge in [-0.15, -0.1) is 0 Å². The Hall–Kier alpha value is -1.82. The molecule has 1 atom stereocenters. The summed E-state index contributed by atoms with van der Waals surface area (Å²) in [7, 11) is 1.85. The summed E-state index contributed by atoms with van der Waals surface area (Å²) < 4.78 is 5.66. The zero-order valence-corrected chi connectivity index (χ0v) is 11.0. The lowest BCUT2D eigenvalue weighted by atomic mass is 10.1. The number of anilines is 2. The average Bonchev–Trinajstić information content (AvgIpc) is 2.40. The van der Waals surface area contributed by atoms with E-state index in [9.17, 15) is 4.79 Å². The van der Waals surface area contributed by atoms with Crippen molar-refractivity contribution in [2.75, 3.05) is 30.8 Å². The maximum atomic E-state index is 10.9. The number of hydrogen-bond donors (Lipinski definition) is 2. The number of carbonyl (C=O) groups is 1. The number of nitrogens with zero attached hydrogens (tertiary/aromatic N) is 2.